The maximum Gasteiger partial charge on any atom is 0.346 e. The Morgan fingerprint density at radius 2 is 0.519 bits per heavy atom. The van der Waals surface area contributed by atoms with Crippen LogP contribution in [-0.2, 0) is 64.6 Å². The van der Waals surface area contributed by atoms with E-state index in [1.165, 1.54) is 24.3 Å². The molecule has 8 nitrogen and oxygen atoms in total. The van der Waals surface area contributed by atoms with Crippen molar-refractivity contribution in [1.82, 2.24) is 0 Å². The highest BCUT2D eigenvalue weighted by Gasteiger charge is 2.25. The molecule has 0 atom stereocenters. The van der Waals surface area contributed by atoms with Gasteiger partial charge in [0, 0.05) is 20.1 Å². The fourth-order valence-electron chi connectivity index (χ4n) is 4.65. The Balaban J connectivity index is 1.48. The highest BCUT2D eigenvalue weighted by atomic mass is 35.5. The molecule has 5 rings (SSSR count). The van der Waals surface area contributed by atoms with Crippen molar-refractivity contribution in [3.8, 4) is 0 Å². The number of esters is 4. The third-order valence-electron chi connectivity index (χ3n) is 7.41. The molecule has 0 amide bonds. The summed E-state index contributed by atoms with van der Waals surface area (Å²) in [5, 5.41) is 2.24. The Labute approximate surface area is 318 Å². The van der Waals surface area contributed by atoms with E-state index in [1.807, 2.05) is 0 Å². The molecule has 0 saturated heterocycles. The predicted octanol–water partition coefficient (Wildman–Crippen LogP) is 7.58. The first-order chi connectivity index (χ1) is 25.0. The molecule has 0 aromatic heterocycles. The zero-order valence-electron chi connectivity index (χ0n) is 27.2. The van der Waals surface area contributed by atoms with Crippen LogP contribution in [0.25, 0.3) is 11.1 Å². The molecule has 0 N–H and O–H groups in total. The lowest BCUT2D eigenvalue weighted by molar-refractivity contribution is -0.146. The number of hydrogen-bond donors (Lipinski definition) is 0. The fraction of sp³-hybridized carbons (Fsp3) is 0.100. The van der Waals surface area contributed by atoms with Crippen molar-refractivity contribution in [3.63, 3.8) is 0 Å². The number of hydrogen-bond acceptors (Lipinski definition) is 8. The van der Waals surface area contributed by atoms with Gasteiger partial charge in [-0.25, -0.2) is 19.2 Å². The lowest BCUT2D eigenvalue weighted by Gasteiger charge is -2.11. The quantitative estimate of drug-likeness (QED) is 0.0726. The number of rotatable bonds is 12. The van der Waals surface area contributed by atoms with Crippen molar-refractivity contribution in [1.29, 1.82) is 0 Å². The summed E-state index contributed by atoms with van der Waals surface area (Å²) in [7, 11) is 0. The zero-order chi connectivity index (χ0) is 37.0. The first-order valence-corrected chi connectivity index (χ1v) is 17.1. The van der Waals surface area contributed by atoms with Crippen LogP contribution < -0.4 is 10.4 Å². The van der Waals surface area contributed by atoms with Crippen LogP contribution in [0.5, 0.6) is 0 Å². The van der Waals surface area contributed by atoms with E-state index in [0.717, 1.165) is 0 Å². The highest BCUT2D eigenvalue weighted by Crippen LogP contribution is 2.16. The second kappa shape index (κ2) is 18.4. The molecular formula is C40H28Cl4O8. The first-order valence-electron chi connectivity index (χ1n) is 15.6. The Bertz CT molecular complexity index is 1880. The maximum atomic E-state index is 13.4. The summed E-state index contributed by atoms with van der Waals surface area (Å²) < 4.78 is 21.9. The van der Waals surface area contributed by atoms with Crippen LogP contribution in [0.4, 0.5) is 0 Å². The summed E-state index contributed by atoms with van der Waals surface area (Å²) in [4.78, 5) is 53.7. The van der Waals surface area contributed by atoms with E-state index >= 15 is 0 Å². The van der Waals surface area contributed by atoms with Crippen LogP contribution >= 0.6 is 46.4 Å². The van der Waals surface area contributed by atoms with Crippen molar-refractivity contribution >= 4 is 81.4 Å². The smallest absolute Gasteiger partial charge is 0.346 e. The van der Waals surface area contributed by atoms with Crippen LogP contribution in [0.1, 0.15) is 22.3 Å². The monoisotopic (exact) mass is 776 g/mol. The van der Waals surface area contributed by atoms with Gasteiger partial charge >= 0.3 is 23.9 Å². The van der Waals surface area contributed by atoms with Gasteiger partial charge in [-0.2, -0.15) is 0 Å². The van der Waals surface area contributed by atoms with E-state index < -0.39 is 35.0 Å². The molecule has 0 radical (unpaired) electrons. The molecule has 0 aliphatic heterocycles. The summed E-state index contributed by atoms with van der Waals surface area (Å²) in [6.45, 7) is -0.615. The van der Waals surface area contributed by atoms with Crippen LogP contribution in [0, 0.1) is 0 Å². The standard InChI is InChI=1S/C40H28Cl4O8/c41-31-13-1-25(2-14-31)21-49-37(45)35(38(46)50-22-26-3-15-32(42)16-4-26)29-9-11-30(12-10-29)36(39(47)51-23-27-5-17-33(43)18-6-27)40(48)52-24-28-7-19-34(44)20-8-28/h1-20H,21-24H2. The van der Waals surface area contributed by atoms with Crippen molar-refractivity contribution in [2.24, 2.45) is 0 Å². The Morgan fingerprint density at radius 1 is 0.327 bits per heavy atom. The van der Waals surface area contributed by atoms with Gasteiger partial charge in [-0.3, -0.25) is 0 Å². The zero-order valence-corrected chi connectivity index (χ0v) is 30.2. The molecule has 52 heavy (non-hydrogen) atoms. The molecule has 0 bridgehead atoms. The topological polar surface area (TPSA) is 105 Å². The Morgan fingerprint density at radius 3 is 0.712 bits per heavy atom. The predicted molar refractivity (Wildman–Crippen MR) is 197 cm³/mol. The van der Waals surface area contributed by atoms with Gasteiger partial charge in [-0.1, -0.05) is 119 Å². The van der Waals surface area contributed by atoms with Crippen molar-refractivity contribution in [2.45, 2.75) is 26.4 Å². The maximum absolute atomic E-state index is 13.4. The normalized spacial score (nSPS) is 10.5. The SMILES string of the molecule is O=C(OCc1ccc(Cl)cc1)C(C(=O)OCc1ccc(Cl)cc1)=c1ccc(=C(C(=O)OCc2ccc(Cl)cc2)C(=O)OCc2ccc(Cl)cc2)cc1. The van der Waals surface area contributed by atoms with Crippen LogP contribution in [0.3, 0.4) is 0 Å². The average molecular weight is 778 g/mol. The first kappa shape index (κ1) is 38.1. The molecule has 12 heteroatoms. The minimum atomic E-state index is -0.960. The number of halogens is 4. The summed E-state index contributed by atoms with van der Waals surface area (Å²) in [5.74, 6) is -3.84. The van der Waals surface area contributed by atoms with E-state index in [4.69, 9.17) is 65.4 Å². The van der Waals surface area contributed by atoms with Gasteiger partial charge in [-0.05, 0) is 81.2 Å². The summed E-state index contributed by atoms with van der Waals surface area (Å²) >= 11 is 23.9. The molecule has 0 heterocycles. The molecule has 0 fully saturated rings. The minimum Gasteiger partial charge on any atom is -0.457 e. The van der Waals surface area contributed by atoms with Gasteiger partial charge in [-0.15, -0.1) is 0 Å². The van der Waals surface area contributed by atoms with Crippen molar-refractivity contribution in [2.75, 3.05) is 0 Å². The minimum absolute atomic E-state index is 0.106. The van der Waals surface area contributed by atoms with E-state index in [1.54, 1.807) is 97.1 Å². The third-order valence-corrected chi connectivity index (χ3v) is 8.42. The van der Waals surface area contributed by atoms with Gasteiger partial charge < -0.3 is 18.9 Å². The van der Waals surface area contributed by atoms with Crippen LogP contribution in [0.15, 0.2) is 121 Å². The molecule has 0 aliphatic carbocycles. The Kier molecular flexibility index (Phi) is 13.5. The van der Waals surface area contributed by atoms with E-state index in [2.05, 4.69) is 0 Å². The number of ether oxygens (including phenoxy) is 4. The molecule has 5 aromatic carbocycles. The van der Waals surface area contributed by atoms with E-state index in [0.29, 0.717) is 42.3 Å². The summed E-state index contributed by atoms with van der Waals surface area (Å²) in [5.41, 5.74) is 1.72. The Hall–Kier alpha value is -5.12. The second-order valence-electron chi connectivity index (χ2n) is 11.1. The van der Waals surface area contributed by atoms with Gasteiger partial charge in [0.2, 0.25) is 0 Å². The van der Waals surface area contributed by atoms with Crippen molar-refractivity contribution < 1.29 is 38.1 Å². The number of carbonyl (C=O) groups is 4. The fourth-order valence-corrected chi connectivity index (χ4v) is 5.15. The van der Waals surface area contributed by atoms with Crippen LogP contribution in [-0.4, -0.2) is 23.9 Å². The van der Waals surface area contributed by atoms with Gasteiger partial charge in [0.15, 0.2) is 11.1 Å². The van der Waals surface area contributed by atoms with E-state index in [-0.39, 0.29) is 36.9 Å². The molecule has 264 valence electrons. The number of carbonyl (C=O) groups excluding carboxylic acids is 4. The second-order valence-corrected chi connectivity index (χ2v) is 12.9. The largest absolute Gasteiger partial charge is 0.457 e. The third kappa shape index (κ3) is 10.9. The summed E-state index contributed by atoms with van der Waals surface area (Å²) in [6, 6.07) is 32.1. The molecule has 0 unspecified atom stereocenters. The molecule has 0 aliphatic rings. The molecular weight excluding hydrogens is 750 g/mol. The highest BCUT2D eigenvalue weighted by molar-refractivity contribution is 6.37. The average Bonchev–Trinajstić information content (AvgIpc) is 3.14. The molecule has 5 aromatic rings. The van der Waals surface area contributed by atoms with Gasteiger partial charge in [0.05, 0.1) is 0 Å². The van der Waals surface area contributed by atoms with E-state index in [9.17, 15) is 19.2 Å². The lowest BCUT2D eigenvalue weighted by atomic mass is 10.1. The lowest BCUT2D eigenvalue weighted by Crippen LogP contribution is -2.28. The summed E-state index contributed by atoms with van der Waals surface area (Å²) in [6.07, 6.45) is 0. The number of benzene rings is 5. The van der Waals surface area contributed by atoms with Gasteiger partial charge in [0.25, 0.3) is 0 Å². The molecule has 0 spiro atoms. The molecule has 0 saturated carbocycles. The van der Waals surface area contributed by atoms with Crippen LogP contribution in [0.2, 0.25) is 20.1 Å². The van der Waals surface area contributed by atoms with Gasteiger partial charge in [0.1, 0.15) is 26.4 Å². The van der Waals surface area contributed by atoms with Crippen molar-refractivity contribution in [3.05, 3.63) is 174 Å².